The molecule has 3 rings (SSSR count). The first-order valence-electron chi connectivity index (χ1n) is 6.39. The summed E-state index contributed by atoms with van der Waals surface area (Å²) in [6.45, 7) is 1.24. The Hall–Kier alpha value is -0.210. The van der Waals surface area contributed by atoms with Gasteiger partial charge in [0.25, 0.3) is 0 Å². The lowest BCUT2D eigenvalue weighted by molar-refractivity contribution is 0.717. The minimum atomic E-state index is 0.588. The van der Waals surface area contributed by atoms with Crippen molar-refractivity contribution in [3.05, 3.63) is 28.2 Å². The highest BCUT2D eigenvalue weighted by molar-refractivity contribution is 9.10. The van der Waals surface area contributed by atoms with E-state index in [0.29, 0.717) is 5.88 Å². The number of nitrogens with zero attached hydrogens (tertiary/aromatic N) is 1. The highest BCUT2D eigenvalue weighted by atomic mass is 79.9. The molecule has 92 valence electrons. The molecule has 0 aromatic heterocycles. The fourth-order valence-corrected chi connectivity index (χ4v) is 3.10. The summed E-state index contributed by atoms with van der Waals surface area (Å²) in [5.74, 6) is 1.53. The van der Waals surface area contributed by atoms with Crippen LogP contribution in [0, 0.1) is 5.92 Å². The van der Waals surface area contributed by atoms with Gasteiger partial charge in [-0.15, -0.1) is 11.6 Å². The third-order valence-electron chi connectivity index (χ3n) is 3.62. The van der Waals surface area contributed by atoms with E-state index in [0.717, 1.165) is 12.0 Å². The van der Waals surface area contributed by atoms with Crippen molar-refractivity contribution in [2.45, 2.75) is 37.6 Å². The maximum absolute atomic E-state index is 5.87. The molecule has 0 unspecified atom stereocenters. The summed E-state index contributed by atoms with van der Waals surface area (Å²) >= 11 is 9.56. The summed E-state index contributed by atoms with van der Waals surface area (Å²) in [6.07, 6.45) is 5.55. The van der Waals surface area contributed by atoms with Gasteiger partial charge >= 0.3 is 0 Å². The summed E-state index contributed by atoms with van der Waals surface area (Å²) in [7, 11) is 0. The van der Waals surface area contributed by atoms with Crippen molar-refractivity contribution in [3.63, 3.8) is 0 Å². The Bertz CT molecular complexity index is 413. The Morgan fingerprint density at radius 1 is 1.24 bits per heavy atom. The molecule has 0 N–H and O–H groups in total. The van der Waals surface area contributed by atoms with Gasteiger partial charge in [-0.2, -0.15) is 0 Å². The van der Waals surface area contributed by atoms with E-state index < -0.39 is 0 Å². The molecule has 2 saturated carbocycles. The van der Waals surface area contributed by atoms with Crippen molar-refractivity contribution in [2.75, 3.05) is 11.4 Å². The highest BCUT2D eigenvalue weighted by Crippen LogP contribution is 2.40. The van der Waals surface area contributed by atoms with Crippen molar-refractivity contribution in [2.24, 2.45) is 5.92 Å². The normalized spacial score (nSPS) is 19.4. The van der Waals surface area contributed by atoms with Crippen LogP contribution in [0.3, 0.4) is 0 Å². The van der Waals surface area contributed by atoms with Crippen LogP contribution in [0.15, 0.2) is 22.7 Å². The van der Waals surface area contributed by atoms with E-state index in [-0.39, 0.29) is 0 Å². The second-order valence-corrected chi connectivity index (χ2v) is 6.37. The van der Waals surface area contributed by atoms with Gasteiger partial charge in [0, 0.05) is 22.9 Å². The molecule has 0 spiro atoms. The summed E-state index contributed by atoms with van der Waals surface area (Å²) in [5, 5.41) is 0. The molecule has 0 aliphatic heterocycles. The maximum Gasteiger partial charge on any atom is 0.0513 e. The number of hydrogen-bond donors (Lipinski definition) is 0. The molecule has 1 aromatic rings. The molecule has 2 aliphatic carbocycles. The van der Waals surface area contributed by atoms with Crippen molar-refractivity contribution in [3.8, 4) is 0 Å². The topological polar surface area (TPSA) is 3.24 Å². The molecule has 1 nitrogen and oxygen atoms in total. The molecule has 2 fully saturated rings. The lowest BCUT2D eigenvalue weighted by Crippen LogP contribution is -2.28. The average Bonchev–Trinajstić information content (AvgIpc) is 3.18. The fraction of sp³-hybridized carbons (Fsp3) is 0.571. The monoisotopic (exact) mass is 313 g/mol. The van der Waals surface area contributed by atoms with Gasteiger partial charge in [0.15, 0.2) is 0 Å². The second-order valence-electron chi connectivity index (χ2n) is 5.25. The average molecular weight is 315 g/mol. The molecule has 2 aliphatic rings. The Kier molecular flexibility index (Phi) is 3.36. The van der Waals surface area contributed by atoms with Gasteiger partial charge in [-0.3, -0.25) is 0 Å². The molecule has 3 heteroatoms. The molecule has 0 atom stereocenters. The quantitative estimate of drug-likeness (QED) is 0.720. The van der Waals surface area contributed by atoms with Gasteiger partial charge in [0.05, 0.1) is 5.69 Å². The third kappa shape index (κ3) is 2.79. The summed E-state index contributed by atoms with van der Waals surface area (Å²) in [6, 6.07) is 7.32. The zero-order valence-electron chi connectivity index (χ0n) is 9.83. The predicted octanol–water partition coefficient (Wildman–Crippen LogP) is 4.57. The van der Waals surface area contributed by atoms with Crippen LogP contribution < -0.4 is 4.90 Å². The van der Waals surface area contributed by atoms with Crippen LogP contribution in [-0.4, -0.2) is 12.6 Å². The second kappa shape index (κ2) is 4.81. The SMILES string of the molecule is ClCc1ccc(N(CC2CC2)C2CC2)c(Br)c1. The summed E-state index contributed by atoms with van der Waals surface area (Å²) in [5.41, 5.74) is 2.54. The number of halogens is 2. The smallest absolute Gasteiger partial charge is 0.0513 e. The Morgan fingerprint density at radius 2 is 2.00 bits per heavy atom. The van der Waals surface area contributed by atoms with E-state index in [1.165, 1.54) is 48.0 Å². The fourth-order valence-electron chi connectivity index (χ4n) is 2.28. The molecule has 17 heavy (non-hydrogen) atoms. The summed E-state index contributed by atoms with van der Waals surface area (Å²) < 4.78 is 1.20. The first-order chi connectivity index (χ1) is 8.28. The molecular weight excluding hydrogens is 298 g/mol. The van der Waals surface area contributed by atoms with Crippen LogP contribution in [0.1, 0.15) is 31.2 Å². The van der Waals surface area contributed by atoms with Crippen molar-refractivity contribution in [1.29, 1.82) is 0 Å². The van der Waals surface area contributed by atoms with Gasteiger partial charge < -0.3 is 4.90 Å². The number of anilines is 1. The molecule has 1 aromatic carbocycles. The molecular formula is C14H17BrClN. The van der Waals surface area contributed by atoms with Crippen LogP contribution in [0.4, 0.5) is 5.69 Å². The minimum Gasteiger partial charge on any atom is -0.367 e. The van der Waals surface area contributed by atoms with Gasteiger partial charge in [-0.1, -0.05) is 6.07 Å². The lowest BCUT2D eigenvalue weighted by Gasteiger charge is -2.26. The number of rotatable bonds is 5. The van der Waals surface area contributed by atoms with E-state index in [4.69, 9.17) is 11.6 Å². The Labute approximate surface area is 116 Å². The molecule has 0 heterocycles. The van der Waals surface area contributed by atoms with Crippen molar-refractivity contribution < 1.29 is 0 Å². The van der Waals surface area contributed by atoms with Crippen LogP contribution >= 0.6 is 27.5 Å². The largest absolute Gasteiger partial charge is 0.367 e. The van der Waals surface area contributed by atoms with E-state index in [1.807, 2.05) is 0 Å². The molecule has 0 bridgehead atoms. The Morgan fingerprint density at radius 3 is 2.53 bits per heavy atom. The number of alkyl halides is 1. The van der Waals surface area contributed by atoms with Gasteiger partial charge in [-0.25, -0.2) is 0 Å². The van der Waals surface area contributed by atoms with E-state index >= 15 is 0 Å². The van der Waals surface area contributed by atoms with Gasteiger partial charge in [0.1, 0.15) is 0 Å². The van der Waals surface area contributed by atoms with Crippen molar-refractivity contribution in [1.82, 2.24) is 0 Å². The first kappa shape index (κ1) is 11.9. The lowest BCUT2D eigenvalue weighted by atomic mass is 10.2. The summed E-state index contributed by atoms with van der Waals surface area (Å²) in [4.78, 5) is 2.60. The number of benzene rings is 1. The third-order valence-corrected chi connectivity index (χ3v) is 4.56. The van der Waals surface area contributed by atoms with Gasteiger partial charge in [-0.05, 0) is 65.2 Å². The van der Waals surface area contributed by atoms with Crippen LogP contribution in [0.5, 0.6) is 0 Å². The van der Waals surface area contributed by atoms with Crippen molar-refractivity contribution >= 4 is 33.2 Å². The zero-order chi connectivity index (χ0) is 11.8. The standard InChI is InChI=1S/C14H17BrClN/c15-13-7-11(8-16)3-6-14(13)17(12-4-5-12)9-10-1-2-10/h3,6-7,10,12H,1-2,4-5,8-9H2. The van der Waals surface area contributed by atoms with E-state index in [9.17, 15) is 0 Å². The minimum absolute atomic E-state index is 0.588. The first-order valence-corrected chi connectivity index (χ1v) is 7.71. The maximum atomic E-state index is 5.87. The number of hydrogen-bond acceptors (Lipinski definition) is 1. The molecule has 0 radical (unpaired) electrons. The van der Waals surface area contributed by atoms with Crippen LogP contribution in [0.25, 0.3) is 0 Å². The van der Waals surface area contributed by atoms with E-state index in [2.05, 4.69) is 39.0 Å². The van der Waals surface area contributed by atoms with E-state index in [1.54, 1.807) is 0 Å². The predicted molar refractivity (Wildman–Crippen MR) is 76.8 cm³/mol. The highest BCUT2D eigenvalue weighted by Gasteiger charge is 2.34. The zero-order valence-corrected chi connectivity index (χ0v) is 12.2. The van der Waals surface area contributed by atoms with Crippen LogP contribution in [0.2, 0.25) is 0 Å². The molecule has 0 saturated heterocycles. The molecule has 0 amide bonds. The Balaban J connectivity index is 1.83. The van der Waals surface area contributed by atoms with Crippen LogP contribution in [-0.2, 0) is 5.88 Å². The van der Waals surface area contributed by atoms with Gasteiger partial charge in [0.2, 0.25) is 0 Å².